The van der Waals surface area contributed by atoms with Gasteiger partial charge in [0.25, 0.3) is 0 Å². The van der Waals surface area contributed by atoms with Crippen LogP contribution in [0.15, 0.2) is 48.5 Å². The Morgan fingerprint density at radius 1 is 0.794 bits per heavy atom. The third-order valence-electron chi connectivity index (χ3n) is 4.78. The summed E-state index contributed by atoms with van der Waals surface area (Å²) in [5.74, 6) is -2.44. The number of rotatable bonds is 7. The van der Waals surface area contributed by atoms with Gasteiger partial charge in [-0.25, -0.2) is 0 Å². The van der Waals surface area contributed by atoms with Crippen molar-refractivity contribution in [1.29, 1.82) is 0 Å². The highest BCUT2D eigenvalue weighted by atomic mass is 16.4. The highest BCUT2D eigenvalue weighted by molar-refractivity contribution is 5.74. The van der Waals surface area contributed by atoms with E-state index in [1.807, 2.05) is 0 Å². The maximum Gasteiger partial charge on any atom is 0.320 e. The van der Waals surface area contributed by atoms with E-state index in [-0.39, 0.29) is 30.4 Å². The zero-order valence-electron chi connectivity index (χ0n) is 18.5. The Kier molecular flexibility index (Phi) is 12.1. The second-order valence-electron chi connectivity index (χ2n) is 7.62. The van der Waals surface area contributed by atoms with Gasteiger partial charge in [-0.2, -0.15) is 0 Å². The molecule has 10 N–H and O–H groups in total. The van der Waals surface area contributed by atoms with E-state index in [1.165, 1.54) is 24.3 Å². The number of phenolic OH excluding ortho intramolecular Hbond substituents is 2. The SMILES string of the molecule is N[C@@H](Cc1ccc(O)cc1)C(=O)O.N[C@@H](Cc1ccc(O)cc1)C(=O)O.O=C(O)[C@@H]1CCCN1. The molecule has 11 heteroatoms. The van der Waals surface area contributed by atoms with Crippen molar-refractivity contribution in [2.24, 2.45) is 11.5 Å². The van der Waals surface area contributed by atoms with Crippen molar-refractivity contribution in [3.05, 3.63) is 59.7 Å². The van der Waals surface area contributed by atoms with E-state index >= 15 is 0 Å². The van der Waals surface area contributed by atoms with Gasteiger partial charge in [-0.3, -0.25) is 14.4 Å². The Bertz CT molecular complexity index is 849. The third kappa shape index (κ3) is 11.3. The van der Waals surface area contributed by atoms with Crippen LogP contribution in [0.25, 0.3) is 0 Å². The summed E-state index contributed by atoms with van der Waals surface area (Å²) in [6, 6.07) is 10.6. The highest BCUT2D eigenvalue weighted by Crippen LogP contribution is 2.11. The molecule has 1 aliphatic rings. The lowest BCUT2D eigenvalue weighted by Gasteiger charge is -2.05. The van der Waals surface area contributed by atoms with Crippen LogP contribution in [-0.4, -0.2) is 68.1 Å². The molecule has 0 radical (unpaired) electrons. The zero-order valence-corrected chi connectivity index (χ0v) is 18.5. The highest BCUT2D eigenvalue weighted by Gasteiger charge is 2.20. The van der Waals surface area contributed by atoms with E-state index in [1.54, 1.807) is 24.3 Å². The first-order valence-corrected chi connectivity index (χ1v) is 10.5. The van der Waals surface area contributed by atoms with Crippen molar-refractivity contribution < 1.29 is 39.9 Å². The lowest BCUT2D eigenvalue weighted by molar-refractivity contribution is -0.139. The standard InChI is InChI=1S/2C9H11NO3.C5H9NO2/c2*10-8(9(12)13)5-6-1-3-7(11)4-2-6;7-5(8)4-2-1-3-6-4/h2*1-4,8,11H,5,10H2,(H,12,13);4,6H,1-3H2,(H,7,8)/t2*8-;4-/m000/s1. The summed E-state index contributed by atoms with van der Waals surface area (Å²) >= 11 is 0. The number of carboxylic acid groups (broad SMARTS) is 3. The normalized spacial score (nSPS) is 16.1. The van der Waals surface area contributed by atoms with E-state index in [9.17, 15) is 14.4 Å². The molecular weight excluding hydrogens is 446 g/mol. The maximum atomic E-state index is 10.4. The van der Waals surface area contributed by atoms with E-state index < -0.39 is 30.0 Å². The molecule has 0 amide bonds. The number of hydrogen-bond donors (Lipinski definition) is 8. The molecule has 1 aliphatic heterocycles. The van der Waals surface area contributed by atoms with Gasteiger partial charge in [0.15, 0.2) is 0 Å². The van der Waals surface area contributed by atoms with Crippen LogP contribution >= 0.6 is 0 Å². The summed E-state index contributed by atoms with van der Waals surface area (Å²) < 4.78 is 0. The molecule has 186 valence electrons. The van der Waals surface area contributed by atoms with Crippen LogP contribution in [0.2, 0.25) is 0 Å². The van der Waals surface area contributed by atoms with Gasteiger partial charge in [0.05, 0.1) is 0 Å². The molecule has 3 atom stereocenters. The molecule has 0 bridgehead atoms. The average molecular weight is 478 g/mol. The first-order valence-electron chi connectivity index (χ1n) is 10.5. The van der Waals surface area contributed by atoms with Gasteiger partial charge < -0.3 is 42.3 Å². The molecular formula is C23H31N3O8. The Labute approximate surface area is 196 Å². The van der Waals surface area contributed by atoms with E-state index in [4.69, 9.17) is 37.0 Å². The Hall–Kier alpha value is -3.67. The fourth-order valence-electron chi connectivity index (χ4n) is 2.84. The number of hydrogen-bond acceptors (Lipinski definition) is 8. The number of phenols is 2. The molecule has 3 rings (SSSR count). The van der Waals surface area contributed by atoms with Crippen molar-refractivity contribution in [3.8, 4) is 11.5 Å². The third-order valence-corrected chi connectivity index (χ3v) is 4.78. The summed E-state index contributed by atoms with van der Waals surface area (Å²) in [6.07, 6.45) is 2.33. The minimum absolute atomic E-state index is 0.160. The van der Waals surface area contributed by atoms with Gasteiger partial charge in [0.2, 0.25) is 0 Å². The van der Waals surface area contributed by atoms with Crippen molar-refractivity contribution in [1.82, 2.24) is 5.32 Å². The second kappa shape index (κ2) is 14.5. The summed E-state index contributed by atoms with van der Waals surface area (Å²) in [7, 11) is 0. The van der Waals surface area contributed by atoms with Gasteiger partial charge in [-0.05, 0) is 67.6 Å². The Balaban J connectivity index is 0.000000263. The maximum absolute atomic E-state index is 10.4. The summed E-state index contributed by atoms with van der Waals surface area (Å²) in [6.45, 7) is 0.858. The summed E-state index contributed by atoms with van der Waals surface area (Å²) in [4.78, 5) is 30.9. The molecule has 0 aliphatic carbocycles. The molecule has 1 fully saturated rings. The monoisotopic (exact) mass is 477 g/mol. The molecule has 0 unspecified atom stereocenters. The van der Waals surface area contributed by atoms with Crippen LogP contribution in [0.1, 0.15) is 24.0 Å². The quantitative estimate of drug-likeness (QED) is 0.275. The van der Waals surface area contributed by atoms with Gasteiger partial charge in [0.1, 0.15) is 29.6 Å². The van der Waals surface area contributed by atoms with Crippen LogP contribution in [-0.2, 0) is 27.2 Å². The van der Waals surface area contributed by atoms with Crippen molar-refractivity contribution >= 4 is 17.9 Å². The van der Waals surface area contributed by atoms with E-state index in [2.05, 4.69) is 5.32 Å². The largest absolute Gasteiger partial charge is 0.508 e. The number of carbonyl (C=O) groups is 3. The topological polar surface area (TPSA) is 216 Å². The number of aromatic hydroxyl groups is 2. The minimum atomic E-state index is -1.02. The molecule has 34 heavy (non-hydrogen) atoms. The number of carboxylic acids is 3. The predicted molar refractivity (Wildman–Crippen MR) is 124 cm³/mol. The lowest BCUT2D eigenvalue weighted by atomic mass is 10.1. The molecule has 0 aromatic heterocycles. The van der Waals surface area contributed by atoms with Crippen LogP contribution in [0.4, 0.5) is 0 Å². The van der Waals surface area contributed by atoms with E-state index in [0.717, 1.165) is 30.5 Å². The number of benzene rings is 2. The van der Waals surface area contributed by atoms with Gasteiger partial charge in [-0.1, -0.05) is 24.3 Å². The molecule has 0 saturated carbocycles. The molecule has 11 nitrogen and oxygen atoms in total. The molecule has 1 saturated heterocycles. The fourth-order valence-corrected chi connectivity index (χ4v) is 2.84. The average Bonchev–Trinajstić information content (AvgIpc) is 3.33. The molecule has 0 spiro atoms. The Morgan fingerprint density at radius 2 is 1.18 bits per heavy atom. The van der Waals surface area contributed by atoms with Gasteiger partial charge in [0, 0.05) is 0 Å². The first-order chi connectivity index (χ1) is 16.0. The van der Waals surface area contributed by atoms with Crippen LogP contribution in [0.5, 0.6) is 11.5 Å². The van der Waals surface area contributed by atoms with Crippen LogP contribution in [0.3, 0.4) is 0 Å². The van der Waals surface area contributed by atoms with Gasteiger partial charge in [-0.15, -0.1) is 0 Å². The summed E-state index contributed by atoms with van der Waals surface area (Å²) in [5, 5.41) is 46.2. The predicted octanol–water partition coefficient (Wildman–Crippen LogP) is 0.516. The number of nitrogens with one attached hydrogen (secondary N) is 1. The molecule has 2 aromatic rings. The van der Waals surface area contributed by atoms with Crippen molar-refractivity contribution in [2.45, 2.75) is 43.8 Å². The fraction of sp³-hybridized carbons (Fsp3) is 0.348. The number of aliphatic carboxylic acids is 3. The van der Waals surface area contributed by atoms with E-state index in [0.29, 0.717) is 0 Å². The summed E-state index contributed by atoms with van der Waals surface area (Å²) in [5.41, 5.74) is 12.2. The minimum Gasteiger partial charge on any atom is -0.508 e. The smallest absolute Gasteiger partial charge is 0.320 e. The van der Waals surface area contributed by atoms with Gasteiger partial charge >= 0.3 is 17.9 Å². The molecule has 1 heterocycles. The lowest BCUT2D eigenvalue weighted by Crippen LogP contribution is -2.32. The number of nitrogens with two attached hydrogens (primary N) is 2. The zero-order chi connectivity index (χ0) is 25.7. The van der Waals surface area contributed by atoms with Crippen LogP contribution in [0, 0.1) is 0 Å². The second-order valence-corrected chi connectivity index (χ2v) is 7.62. The first kappa shape index (κ1) is 28.4. The van der Waals surface area contributed by atoms with Crippen molar-refractivity contribution in [2.75, 3.05) is 6.54 Å². The van der Waals surface area contributed by atoms with Crippen molar-refractivity contribution in [3.63, 3.8) is 0 Å². The Morgan fingerprint density at radius 3 is 1.41 bits per heavy atom. The van der Waals surface area contributed by atoms with Crippen LogP contribution < -0.4 is 16.8 Å². The molecule has 2 aromatic carbocycles.